The minimum absolute atomic E-state index is 0.187. The van der Waals surface area contributed by atoms with Gasteiger partial charge in [0.25, 0.3) is 10.2 Å². The van der Waals surface area contributed by atoms with Gasteiger partial charge >= 0.3 is 0 Å². The molecule has 1 aromatic heterocycles. The summed E-state index contributed by atoms with van der Waals surface area (Å²) in [5.74, 6) is 0. The maximum atomic E-state index is 11.9. The van der Waals surface area contributed by atoms with Crippen molar-refractivity contribution in [1.82, 2.24) is 13.6 Å². The third-order valence-corrected chi connectivity index (χ3v) is 5.06. The molecule has 1 N–H and O–H groups in total. The van der Waals surface area contributed by atoms with E-state index in [9.17, 15) is 8.42 Å². The maximum absolute atomic E-state index is 11.9. The molecule has 6 nitrogen and oxygen atoms in total. The van der Waals surface area contributed by atoms with Crippen molar-refractivity contribution >= 4 is 21.1 Å². The third-order valence-electron chi connectivity index (χ3n) is 3.49. The number of rotatable bonds is 8. The summed E-state index contributed by atoms with van der Waals surface area (Å²) in [6.45, 7) is 1.32. The van der Waals surface area contributed by atoms with E-state index in [2.05, 4.69) is 27.5 Å². The number of hydrogen-bond acceptors (Lipinski definition) is 3. The van der Waals surface area contributed by atoms with Gasteiger partial charge in [0.05, 0.1) is 6.07 Å². The standard InChI is InChI=1S/C15H20N4O2S/c1-18(11-4-9-16)22(20,21)17-10-5-12-19-13-8-14-6-2-3-7-15(14)19/h2-3,6-8,13,17H,4-5,10-12H2,1H3. The largest absolute Gasteiger partial charge is 0.347 e. The first-order valence-corrected chi connectivity index (χ1v) is 8.60. The summed E-state index contributed by atoms with van der Waals surface area (Å²) in [6, 6.07) is 12.1. The fourth-order valence-electron chi connectivity index (χ4n) is 2.22. The molecule has 118 valence electrons. The van der Waals surface area contributed by atoms with Gasteiger partial charge in [-0.3, -0.25) is 0 Å². The van der Waals surface area contributed by atoms with E-state index in [0.29, 0.717) is 13.0 Å². The third kappa shape index (κ3) is 4.07. The summed E-state index contributed by atoms with van der Waals surface area (Å²) in [7, 11) is -2.02. The monoisotopic (exact) mass is 320 g/mol. The molecule has 0 amide bonds. The van der Waals surface area contributed by atoms with Crippen molar-refractivity contribution in [2.75, 3.05) is 20.1 Å². The Balaban J connectivity index is 1.83. The van der Waals surface area contributed by atoms with Crippen LogP contribution in [0.2, 0.25) is 0 Å². The smallest absolute Gasteiger partial charge is 0.279 e. The van der Waals surface area contributed by atoms with Crippen LogP contribution in [0, 0.1) is 11.3 Å². The highest BCUT2D eigenvalue weighted by molar-refractivity contribution is 7.87. The molecule has 0 fully saturated rings. The Morgan fingerprint density at radius 3 is 2.86 bits per heavy atom. The molecule has 2 rings (SSSR count). The quantitative estimate of drug-likeness (QED) is 0.752. The van der Waals surface area contributed by atoms with Gasteiger partial charge in [0, 0.05) is 44.8 Å². The molecule has 0 aliphatic rings. The molecule has 0 saturated carbocycles. The van der Waals surface area contributed by atoms with Gasteiger partial charge in [0.15, 0.2) is 0 Å². The van der Waals surface area contributed by atoms with Crippen LogP contribution in [0.3, 0.4) is 0 Å². The molecule has 0 aliphatic heterocycles. The molecule has 1 aromatic carbocycles. The van der Waals surface area contributed by atoms with E-state index in [1.807, 2.05) is 24.4 Å². The highest BCUT2D eigenvalue weighted by Crippen LogP contribution is 2.15. The van der Waals surface area contributed by atoms with E-state index in [1.165, 1.54) is 16.7 Å². The van der Waals surface area contributed by atoms with E-state index < -0.39 is 10.2 Å². The normalized spacial score (nSPS) is 11.9. The summed E-state index contributed by atoms with van der Waals surface area (Å²) >= 11 is 0. The molecule has 7 heteroatoms. The van der Waals surface area contributed by atoms with Gasteiger partial charge < -0.3 is 4.57 Å². The van der Waals surface area contributed by atoms with Gasteiger partial charge in [-0.15, -0.1) is 0 Å². The molecule has 2 aromatic rings. The molecule has 22 heavy (non-hydrogen) atoms. The first-order chi connectivity index (χ1) is 10.5. The Morgan fingerprint density at radius 1 is 1.32 bits per heavy atom. The van der Waals surface area contributed by atoms with Crippen LogP contribution < -0.4 is 4.72 Å². The van der Waals surface area contributed by atoms with Gasteiger partial charge in [-0.05, 0) is 23.9 Å². The van der Waals surface area contributed by atoms with Crippen molar-refractivity contribution in [2.45, 2.75) is 19.4 Å². The number of benzene rings is 1. The summed E-state index contributed by atoms with van der Waals surface area (Å²) in [5, 5.41) is 9.67. The van der Waals surface area contributed by atoms with Crippen LogP contribution in [0.25, 0.3) is 10.9 Å². The fraction of sp³-hybridized carbons (Fsp3) is 0.400. The summed E-state index contributed by atoms with van der Waals surface area (Å²) in [5.41, 5.74) is 1.15. The lowest BCUT2D eigenvalue weighted by atomic mass is 10.2. The molecular weight excluding hydrogens is 300 g/mol. The van der Waals surface area contributed by atoms with Gasteiger partial charge in [0.1, 0.15) is 0 Å². The predicted molar refractivity (Wildman–Crippen MR) is 86.3 cm³/mol. The number of nitrogens with zero attached hydrogens (tertiary/aromatic N) is 3. The van der Waals surface area contributed by atoms with E-state index >= 15 is 0 Å². The van der Waals surface area contributed by atoms with E-state index in [4.69, 9.17) is 5.26 Å². The lowest BCUT2D eigenvalue weighted by Gasteiger charge is -2.16. The minimum atomic E-state index is -3.49. The van der Waals surface area contributed by atoms with Crippen LogP contribution in [0.1, 0.15) is 12.8 Å². The zero-order valence-corrected chi connectivity index (χ0v) is 13.4. The SMILES string of the molecule is CN(CCC#N)S(=O)(=O)NCCCn1ccc2ccccc21. The topological polar surface area (TPSA) is 78.1 Å². The van der Waals surface area contributed by atoms with Gasteiger partial charge in [-0.25, -0.2) is 4.72 Å². The second kappa shape index (κ2) is 7.40. The number of aromatic nitrogens is 1. The summed E-state index contributed by atoms with van der Waals surface area (Å²) < 4.78 is 29.7. The average Bonchev–Trinajstić information content (AvgIpc) is 2.92. The Morgan fingerprint density at radius 2 is 2.09 bits per heavy atom. The lowest BCUT2D eigenvalue weighted by molar-refractivity contribution is 0.462. The predicted octanol–water partition coefficient (Wildman–Crippen LogP) is 1.71. The number of nitrogens with one attached hydrogen (secondary N) is 1. The molecule has 0 radical (unpaired) electrons. The van der Waals surface area contributed by atoms with Crippen molar-refractivity contribution in [3.05, 3.63) is 36.5 Å². The Bertz CT molecular complexity index is 761. The summed E-state index contributed by atoms with van der Waals surface area (Å²) in [4.78, 5) is 0. The summed E-state index contributed by atoms with van der Waals surface area (Å²) in [6.07, 6.45) is 2.90. The van der Waals surface area contributed by atoms with Crippen molar-refractivity contribution in [3.8, 4) is 6.07 Å². The molecule has 0 bridgehead atoms. The van der Waals surface area contributed by atoms with Crippen LogP contribution >= 0.6 is 0 Å². The van der Waals surface area contributed by atoms with Crippen LogP contribution in [-0.4, -0.2) is 37.4 Å². The zero-order chi connectivity index (χ0) is 16.0. The number of para-hydroxylation sites is 1. The second-order valence-electron chi connectivity index (χ2n) is 5.05. The van der Waals surface area contributed by atoms with Crippen LogP contribution in [0.15, 0.2) is 36.5 Å². The molecular formula is C15H20N4O2S. The number of nitriles is 1. The van der Waals surface area contributed by atoms with Crippen molar-refractivity contribution < 1.29 is 8.42 Å². The number of fused-ring (bicyclic) bond motifs is 1. The fourth-order valence-corrected chi connectivity index (χ4v) is 3.18. The second-order valence-corrected chi connectivity index (χ2v) is 6.91. The molecule has 0 spiro atoms. The van der Waals surface area contributed by atoms with Gasteiger partial charge in [0.2, 0.25) is 0 Å². The Labute approximate surface area is 131 Å². The van der Waals surface area contributed by atoms with Crippen LogP contribution in [0.4, 0.5) is 0 Å². The van der Waals surface area contributed by atoms with E-state index in [-0.39, 0.29) is 13.0 Å². The van der Waals surface area contributed by atoms with Crippen molar-refractivity contribution in [1.29, 1.82) is 5.26 Å². The Hall–Kier alpha value is -1.88. The number of aryl methyl sites for hydroxylation is 1. The molecule has 0 aliphatic carbocycles. The first kappa shape index (κ1) is 16.5. The first-order valence-electron chi connectivity index (χ1n) is 7.16. The molecule has 0 saturated heterocycles. The zero-order valence-electron chi connectivity index (χ0n) is 12.6. The molecule has 0 unspecified atom stereocenters. The highest BCUT2D eigenvalue weighted by Gasteiger charge is 2.15. The van der Waals surface area contributed by atoms with Gasteiger partial charge in [-0.1, -0.05) is 18.2 Å². The highest BCUT2D eigenvalue weighted by atomic mass is 32.2. The molecule has 1 heterocycles. The van der Waals surface area contributed by atoms with Crippen molar-refractivity contribution in [2.24, 2.45) is 0 Å². The van der Waals surface area contributed by atoms with E-state index in [0.717, 1.165) is 12.1 Å². The Kier molecular flexibility index (Phi) is 5.55. The molecule has 0 atom stereocenters. The minimum Gasteiger partial charge on any atom is -0.347 e. The average molecular weight is 320 g/mol. The van der Waals surface area contributed by atoms with Crippen molar-refractivity contribution in [3.63, 3.8) is 0 Å². The number of hydrogen-bond donors (Lipinski definition) is 1. The van der Waals surface area contributed by atoms with E-state index in [1.54, 1.807) is 0 Å². The van der Waals surface area contributed by atoms with Crippen LogP contribution in [0.5, 0.6) is 0 Å². The maximum Gasteiger partial charge on any atom is 0.279 e. The lowest BCUT2D eigenvalue weighted by Crippen LogP contribution is -2.39. The van der Waals surface area contributed by atoms with Crippen LogP contribution in [-0.2, 0) is 16.8 Å². The van der Waals surface area contributed by atoms with Gasteiger partial charge in [-0.2, -0.15) is 18.0 Å².